The summed E-state index contributed by atoms with van der Waals surface area (Å²) in [5.74, 6) is -2.84. The van der Waals surface area contributed by atoms with Crippen LogP contribution in [0.3, 0.4) is 0 Å². The minimum atomic E-state index is -1.44. The topological polar surface area (TPSA) is 186 Å². The van der Waals surface area contributed by atoms with E-state index in [9.17, 15) is 19.8 Å². The monoisotopic (exact) mass is 211 g/mol. The van der Waals surface area contributed by atoms with Gasteiger partial charge in [-0.1, -0.05) is 0 Å². The summed E-state index contributed by atoms with van der Waals surface area (Å²) in [7, 11) is 0. The van der Waals surface area contributed by atoms with Gasteiger partial charge < -0.3 is 42.5 Å². The van der Waals surface area contributed by atoms with Crippen molar-refractivity contribution in [3.05, 3.63) is 0 Å². The van der Waals surface area contributed by atoms with Crippen LogP contribution in [0.4, 0.5) is 0 Å². The lowest BCUT2D eigenvalue weighted by Gasteiger charge is -2.18. The zero-order chi connectivity index (χ0) is 9.56. The van der Waals surface area contributed by atoms with Gasteiger partial charge in [0.05, 0.1) is 11.9 Å². The molecule has 8 nitrogen and oxygen atoms in total. The molecule has 10 N–H and O–H groups in total. The number of aliphatic carboxylic acids is 2. The summed E-state index contributed by atoms with van der Waals surface area (Å²) >= 11 is 0. The zero-order valence-electron chi connectivity index (χ0n) is 8.28. The van der Waals surface area contributed by atoms with Gasteiger partial charge in [-0.3, -0.25) is 0 Å². The van der Waals surface area contributed by atoms with Crippen molar-refractivity contribution in [1.82, 2.24) is 17.6 Å². The Bertz CT molecular complexity index is 175. The number of carbonyl (C=O) groups excluding carboxylic acids is 2. The third kappa shape index (κ3) is 8.87. The number of rotatable bonds is 6. The summed E-state index contributed by atoms with van der Waals surface area (Å²) in [6.07, 6.45) is -0.0877. The highest BCUT2D eigenvalue weighted by atomic mass is 16.4. The van der Waals surface area contributed by atoms with Crippen molar-refractivity contribution in [3.8, 4) is 0 Å². The zero-order valence-corrected chi connectivity index (χ0v) is 8.28. The van der Waals surface area contributed by atoms with Crippen LogP contribution in [0, 0.1) is 0 Å². The van der Waals surface area contributed by atoms with Gasteiger partial charge in [0.15, 0.2) is 0 Å². The Morgan fingerprint density at radius 2 is 1.79 bits per heavy atom. The molecule has 0 spiro atoms. The number of nitrogens with one attached hydrogen (secondary N) is 1. The van der Waals surface area contributed by atoms with Crippen molar-refractivity contribution in [2.75, 3.05) is 13.2 Å². The fourth-order valence-corrected chi connectivity index (χ4v) is 0.639. The van der Waals surface area contributed by atoms with Crippen LogP contribution in [0.15, 0.2) is 0 Å². The molecular formula is C6H17N3O5. The van der Waals surface area contributed by atoms with Crippen LogP contribution in [0.1, 0.15) is 6.42 Å². The first-order chi connectivity index (χ1) is 5.57. The number of aliphatic hydroxyl groups excluding tert-OH is 1. The van der Waals surface area contributed by atoms with Crippen molar-refractivity contribution >= 4 is 11.9 Å². The Hall–Kier alpha value is -1.22. The number of hydrogen-bond acceptors (Lipinski definition) is 6. The van der Waals surface area contributed by atoms with E-state index in [0.29, 0.717) is 0 Å². The normalized spacial score (nSPS) is 10.6. The maximum absolute atomic E-state index is 10.2. The number of aliphatic hydroxyl groups is 1. The van der Waals surface area contributed by atoms with Crippen LogP contribution in [0.25, 0.3) is 0 Å². The van der Waals surface area contributed by atoms with Gasteiger partial charge in [0.25, 0.3) is 0 Å². The van der Waals surface area contributed by atoms with Gasteiger partial charge in [0.2, 0.25) is 0 Å². The minimum absolute atomic E-state index is 0. The van der Waals surface area contributed by atoms with Crippen LogP contribution >= 0.6 is 0 Å². The molecule has 0 fully saturated rings. The predicted octanol–water partition coefficient (Wildman–Crippen LogP) is -3.42. The molecule has 0 bridgehead atoms. The van der Waals surface area contributed by atoms with Crippen LogP contribution in [-0.4, -0.2) is 36.2 Å². The van der Waals surface area contributed by atoms with E-state index in [4.69, 9.17) is 5.11 Å². The van der Waals surface area contributed by atoms with E-state index < -0.39 is 24.5 Å². The summed E-state index contributed by atoms with van der Waals surface area (Å²) < 4.78 is 0. The molecule has 0 heterocycles. The van der Waals surface area contributed by atoms with E-state index in [2.05, 4.69) is 5.32 Å². The molecule has 0 radical (unpaired) electrons. The van der Waals surface area contributed by atoms with Crippen LogP contribution in [-0.2, 0) is 9.59 Å². The molecule has 8 heteroatoms. The first-order valence-corrected chi connectivity index (χ1v) is 3.33. The number of quaternary nitrogens is 2. The third-order valence-electron chi connectivity index (χ3n) is 1.20. The predicted molar refractivity (Wildman–Crippen MR) is 45.5 cm³/mol. The Labute approximate surface area is 81.1 Å². The molecule has 0 aromatic carbocycles. The molecule has 0 aliphatic carbocycles. The molecule has 1 unspecified atom stereocenters. The molecule has 0 aromatic heterocycles. The first kappa shape index (κ1) is 18.5. The summed E-state index contributed by atoms with van der Waals surface area (Å²) in [6.45, 7) is -0.919. The van der Waals surface area contributed by atoms with E-state index in [1.165, 1.54) is 0 Å². The van der Waals surface area contributed by atoms with Crippen molar-refractivity contribution in [2.24, 2.45) is 0 Å². The highest BCUT2D eigenvalue weighted by Gasteiger charge is 2.07. The highest BCUT2D eigenvalue weighted by molar-refractivity contribution is 5.73. The molecule has 86 valence electrons. The number of carbonyl (C=O) groups is 2. The van der Waals surface area contributed by atoms with Gasteiger partial charge in [-0.15, -0.1) is 0 Å². The highest BCUT2D eigenvalue weighted by Crippen LogP contribution is 1.87. The lowest BCUT2D eigenvalue weighted by Crippen LogP contribution is -2.49. The molecule has 0 saturated carbocycles. The Morgan fingerprint density at radius 3 is 2.07 bits per heavy atom. The van der Waals surface area contributed by atoms with Gasteiger partial charge in [-0.25, -0.2) is 0 Å². The third-order valence-corrected chi connectivity index (χ3v) is 1.20. The smallest absolute Gasteiger partial charge is 0.0585 e. The second kappa shape index (κ2) is 9.86. The molecule has 0 aliphatic heterocycles. The molecule has 0 saturated heterocycles. The van der Waals surface area contributed by atoms with Crippen molar-refractivity contribution in [3.63, 3.8) is 0 Å². The molecule has 14 heavy (non-hydrogen) atoms. The summed E-state index contributed by atoms with van der Waals surface area (Å²) in [5, 5.41) is 30.6. The van der Waals surface area contributed by atoms with Gasteiger partial charge >= 0.3 is 0 Å². The van der Waals surface area contributed by atoms with Gasteiger partial charge in [-0.2, -0.15) is 0 Å². The van der Waals surface area contributed by atoms with Crippen molar-refractivity contribution in [1.29, 1.82) is 0 Å². The average molecular weight is 211 g/mol. The first-order valence-electron chi connectivity index (χ1n) is 3.33. The summed E-state index contributed by atoms with van der Waals surface area (Å²) in [6, 6.07) is -1.15. The Kier molecular flexibility index (Phi) is 13.1. The second-order valence-corrected chi connectivity index (χ2v) is 2.14. The Balaban J connectivity index is -0.000000605. The molecule has 1 atom stereocenters. The second-order valence-electron chi connectivity index (χ2n) is 2.14. The van der Waals surface area contributed by atoms with Crippen LogP contribution in [0.2, 0.25) is 0 Å². The van der Waals surface area contributed by atoms with Crippen LogP contribution < -0.4 is 27.8 Å². The standard InChI is InChI=1S/C6H11NO5.2H3N/c8-2-1-4(6(11)12)7-3-5(9)10;;/h4,7-8H,1-3H2,(H,9,10)(H,11,12);2*1H3. The number of hydrogen-bond donors (Lipinski definition) is 4. The Morgan fingerprint density at radius 1 is 1.29 bits per heavy atom. The largest absolute Gasteiger partial charge is 0.549 e. The summed E-state index contributed by atoms with van der Waals surface area (Å²) in [4.78, 5) is 20.1. The maximum atomic E-state index is 10.2. The molecular weight excluding hydrogens is 194 g/mol. The van der Waals surface area contributed by atoms with Crippen molar-refractivity contribution in [2.45, 2.75) is 12.5 Å². The molecule has 0 amide bonds. The fourth-order valence-electron chi connectivity index (χ4n) is 0.639. The maximum Gasteiger partial charge on any atom is 0.0585 e. The van der Waals surface area contributed by atoms with E-state index in [0.717, 1.165) is 0 Å². The summed E-state index contributed by atoms with van der Waals surface area (Å²) in [5.41, 5.74) is 0. The van der Waals surface area contributed by atoms with E-state index in [1.54, 1.807) is 0 Å². The quantitative estimate of drug-likeness (QED) is 0.354. The lowest BCUT2D eigenvalue weighted by molar-refractivity contribution is -0.310. The average Bonchev–Trinajstić information content (AvgIpc) is 1.96. The SMILES string of the molecule is O=C([O-])CNC(CCO)C(=O)[O-].[NH4+].[NH4+]. The van der Waals surface area contributed by atoms with E-state index >= 15 is 0 Å². The van der Waals surface area contributed by atoms with E-state index in [-0.39, 0.29) is 25.3 Å². The van der Waals surface area contributed by atoms with Gasteiger partial charge in [0.1, 0.15) is 0 Å². The number of carboxylic acids is 2. The van der Waals surface area contributed by atoms with Crippen molar-refractivity contribution < 1.29 is 24.9 Å². The van der Waals surface area contributed by atoms with Crippen LogP contribution in [0.5, 0.6) is 0 Å². The number of carboxylic acid groups (broad SMARTS) is 2. The minimum Gasteiger partial charge on any atom is -0.549 e. The van der Waals surface area contributed by atoms with Gasteiger partial charge in [0, 0.05) is 19.2 Å². The van der Waals surface area contributed by atoms with Gasteiger partial charge in [-0.05, 0) is 6.42 Å². The lowest BCUT2D eigenvalue weighted by atomic mass is 10.2. The fraction of sp³-hybridized carbons (Fsp3) is 0.667. The van der Waals surface area contributed by atoms with E-state index in [1.807, 2.05) is 0 Å². The molecule has 0 aliphatic rings. The molecule has 0 rings (SSSR count). The molecule has 0 aromatic rings.